The Labute approximate surface area is 113 Å². The Morgan fingerprint density at radius 1 is 1.50 bits per heavy atom. The van der Waals surface area contributed by atoms with Crippen LogP contribution in [0.15, 0.2) is 11.4 Å². The van der Waals surface area contributed by atoms with Gasteiger partial charge in [-0.2, -0.15) is 0 Å². The van der Waals surface area contributed by atoms with Gasteiger partial charge in [0.1, 0.15) is 0 Å². The van der Waals surface area contributed by atoms with Crippen molar-refractivity contribution in [2.75, 3.05) is 19.7 Å². The Bertz CT molecular complexity index is 366. The van der Waals surface area contributed by atoms with Crippen molar-refractivity contribution in [2.24, 2.45) is 0 Å². The van der Waals surface area contributed by atoms with Crippen molar-refractivity contribution in [1.82, 2.24) is 10.2 Å². The van der Waals surface area contributed by atoms with Crippen molar-refractivity contribution in [3.05, 3.63) is 21.9 Å². The zero-order chi connectivity index (χ0) is 13.4. The Hall–Kier alpha value is -1.07. The molecule has 0 aliphatic heterocycles. The van der Waals surface area contributed by atoms with Gasteiger partial charge in [0.05, 0.1) is 13.2 Å². The molecule has 0 atom stereocenters. The number of nitrogens with one attached hydrogen (secondary N) is 1. The molecule has 18 heavy (non-hydrogen) atoms. The maximum Gasteiger partial charge on any atom is 0.317 e. The van der Waals surface area contributed by atoms with Crippen LogP contribution < -0.4 is 5.32 Å². The lowest BCUT2D eigenvalue weighted by Gasteiger charge is -2.21. The van der Waals surface area contributed by atoms with E-state index in [1.165, 1.54) is 10.4 Å². The molecule has 1 aromatic heterocycles. The summed E-state index contributed by atoms with van der Waals surface area (Å²) in [6.07, 6.45) is 2.00. The highest BCUT2D eigenvalue weighted by Crippen LogP contribution is 2.14. The Morgan fingerprint density at radius 2 is 2.28 bits per heavy atom. The minimum absolute atomic E-state index is 0.00909. The molecule has 0 aliphatic carbocycles. The third kappa shape index (κ3) is 4.66. The van der Waals surface area contributed by atoms with Crippen molar-refractivity contribution in [3.63, 3.8) is 0 Å². The van der Waals surface area contributed by atoms with E-state index in [9.17, 15) is 4.79 Å². The lowest BCUT2D eigenvalue weighted by atomic mass is 10.3. The number of hydrogen-bond donors (Lipinski definition) is 2. The normalized spacial score (nSPS) is 10.4. The number of aliphatic hydroxyl groups is 1. The van der Waals surface area contributed by atoms with Gasteiger partial charge in [0, 0.05) is 18.0 Å². The molecule has 1 aromatic rings. The lowest BCUT2D eigenvalue weighted by molar-refractivity contribution is 0.176. The van der Waals surface area contributed by atoms with Crippen LogP contribution in [0.25, 0.3) is 0 Å². The van der Waals surface area contributed by atoms with Gasteiger partial charge in [-0.05, 0) is 30.4 Å². The topological polar surface area (TPSA) is 52.6 Å². The molecule has 2 N–H and O–H groups in total. The number of aryl methyl sites for hydroxylation is 1. The molecule has 0 saturated carbocycles. The summed E-state index contributed by atoms with van der Waals surface area (Å²) in [5, 5.41) is 13.9. The van der Waals surface area contributed by atoms with Crippen LogP contribution in [0, 0.1) is 6.92 Å². The molecule has 1 rings (SSSR count). The van der Waals surface area contributed by atoms with Crippen LogP contribution in [-0.4, -0.2) is 35.7 Å². The second-order valence-electron chi connectivity index (χ2n) is 4.25. The number of amides is 2. The molecule has 5 heteroatoms. The molecule has 1 heterocycles. The second-order valence-corrected chi connectivity index (χ2v) is 5.25. The summed E-state index contributed by atoms with van der Waals surface area (Å²) in [5.74, 6) is 0. The third-order valence-electron chi connectivity index (χ3n) is 2.81. The molecule has 0 fully saturated rings. The van der Waals surface area contributed by atoms with Gasteiger partial charge in [-0.25, -0.2) is 4.79 Å². The number of aliphatic hydroxyl groups excluding tert-OH is 1. The van der Waals surface area contributed by atoms with Gasteiger partial charge in [-0.15, -0.1) is 11.3 Å². The highest BCUT2D eigenvalue weighted by Gasteiger charge is 2.12. The predicted octanol–water partition coefficient (Wildman–Crippen LogP) is 2.36. The molecular weight excluding hydrogens is 248 g/mol. The first kappa shape index (κ1) is 15.0. The number of hydrogen-bond acceptors (Lipinski definition) is 3. The van der Waals surface area contributed by atoms with Crippen molar-refractivity contribution in [2.45, 2.75) is 33.2 Å². The van der Waals surface area contributed by atoms with E-state index in [1.807, 2.05) is 12.3 Å². The van der Waals surface area contributed by atoms with Crippen LogP contribution in [0.4, 0.5) is 4.79 Å². The number of unbranched alkanes of at least 4 members (excludes halogenated alkanes) is 1. The molecule has 4 nitrogen and oxygen atoms in total. The van der Waals surface area contributed by atoms with Gasteiger partial charge < -0.3 is 15.3 Å². The van der Waals surface area contributed by atoms with Crippen LogP contribution >= 0.6 is 11.3 Å². The number of thiophene rings is 1. The van der Waals surface area contributed by atoms with Gasteiger partial charge in [0.2, 0.25) is 0 Å². The molecule has 0 aliphatic rings. The fraction of sp³-hybridized carbons (Fsp3) is 0.615. The van der Waals surface area contributed by atoms with E-state index in [1.54, 1.807) is 16.2 Å². The second kappa shape index (κ2) is 8.11. The molecule has 102 valence electrons. The van der Waals surface area contributed by atoms with Crippen LogP contribution in [0.2, 0.25) is 0 Å². The zero-order valence-corrected chi connectivity index (χ0v) is 11.9. The number of carbonyl (C=O) groups excluding carboxylic acids is 1. The zero-order valence-electron chi connectivity index (χ0n) is 11.1. The first-order chi connectivity index (χ1) is 8.69. The van der Waals surface area contributed by atoms with Crippen molar-refractivity contribution in [1.29, 1.82) is 0 Å². The van der Waals surface area contributed by atoms with Gasteiger partial charge in [-0.3, -0.25) is 0 Å². The highest BCUT2D eigenvalue weighted by molar-refractivity contribution is 7.10. The smallest absolute Gasteiger partial charge is 0.317 e. The van der Waals surface area contributed by atoms with E-state index >= 15 is 0 Å². The van der Waals surface area contributed by atoms with Gasteiger partial charge >= 0.3 is 6.03 Å². The van der Waals surface area contributed by atoms with E-state index in [0.29, 0.717) is 19.6 Å². The summed E-state index contributed by atoms with van der Waals surface area (Å²) in [6.45, 7) is 5.80. The fourth-order valence-electron chi connectivity index (χ4n) is 1.64. The standard InChI is InChI=1S/C13H22N2O2S/c1-3-4-6-15(7-8-16)13(17)14-10-12-11(2)5-9-18-12/h5,9,16H,3-4,6-8,10H2,1-2H3,(H,14,17). The van der Waals surface area contributed by atoms with E-state index < -0.39 is 0 Å². The highest BCUT2D eigenvalue weighted by atomic mass is 32.1. The first-order valence-electron chi connectivity index (χ1n) is 6.35. The summed E-state index contributed by atoms with van der Waals surface area (Å²) < 4.78 is 0. The average Bonchev–Trinajstić information content (AvgIpc) is 2.77. The quantitative estimate of drug-likeness (QED) is 0.799. The predicted molar refractivity (Wildman–Crippen MR) is 74.9 cm³/mol. The van der Waals surface area contributed by atoms with Gasteiger partial charge in [-0.1, -0.05) is 13.3 Å². The molecule has 0 spiro atoms. The van der Waals surface area contributed by atoms with Crippen LogP contribution in [-0.2, 0) is 6.54 Å². The minimum Gasteiger partial charge on any atom is -0.395 e. The molecule has 0 bridgehead atoms. The SMILES string of the molecule is CCCCN(CCO)C(=O)NCc1sccc1C. The van der Waals surface area contributed by atoms with Crippen molar-refractivity contribution < 1.29 is 9.90 Å². The molecule has 0 unspecified atom stereocenters. The van der Waals surface area contributed by atoms with E-state index in [0.717, 1.165) is 12.8 Å². The number of carbonyl (C=O) groups is 1. The summed E-state index contributed by atoms with van der Waals surface area (Å²) in [4.78, 5) is 14.8. The van der Waals surface area contributed by atoms with E-state index in [2.05, 4.69) is 18.3 Å². The summed E-state index contributed by atoms with van der Waals surface area (Å²) in [6, 6.07) is 1.96. The van der Waals surface area contributed by atoms with Crippen LogP contribution in [0.3, 0.4) is 0 Å². The molecule has 2 amide bonds. The van der Waals surface area contributed by atoms with E-state index in [-0.39, 0.29) is 12.6 Å². The Kier molecular flexibility index (Phi) is 6.75. The number of nitrogens with zero attached hydrogens (tertiary/aromatic N) is 1. The number of urea groups is 1. The lowest BCUT2D eigenvalue weighted by Crippen LogP contribution is -2.41. The average molecular weight is 270 g/mol. The number of rotatable bonds is 7. The fourth-order valence-corrected chi connectivity index (χ4v) is 2.48. The monoisotopic (exact) mass is 270 g/mol. The third-order valence-corrected chi connectivity index (χ3v) is 3.83. The van der Waals surface area contributed by atoms with Gasteiger partial charge in [0.15, 0.2) is 0 Å². The molecule has 0 saturated heterocycles. The van der Waals surface area contributed by atoms with Crippen LogP contribution in [0.5, 0.6) is 0 Å². The van der Waals surface area contributed by atoms with Crippen LogP contribution in [0.1, 0.15) is 30.2 Å². The van der Waals surface area contributed by atoms with E-state index in [4.69, 9.17) is 5.11 Å². The largest absolute Gasteiger partial charge is 0.395 e. The van der Waals surface area contributed by atoms with Crippen molar-refractivity contribution >= 4 is 17.4 Å². The van der Waals surface area contributed by atoms with Gasteiger partial charge in [0.25, 0.3) is 0 Å². The maximum absolute atomic E-state index is 12.0. The Morgan fingerprint density at radius 3 is 2.83 bits per heavy atom. The summed E-state index contributed by atoms with van der Waals surface area (Å²) in [5.41, 5.74) is 1.21. The maximum atomic E-state index is 12.0. The molecule has 0 radical (unpaired) electrons. The summed E-state index contributed by atoms with van der Waals surface area (Å²) >= 11 is 1.65. The summed E-state index contributed by atoms with van der Waals surface area (Å²) in [7, 11) is 0. The Balaban J connectivity index is 2.43. The minimum atomic E-state index is -0.0923. The van der Waals surface area contributed by atoms with Crippen molar-refractivity contribution in [3.8, 4) is 0 Å². The first-order valence-corrected chi connectivity index (χ1v) is 7.23. The molecule has 0 aromatic carbocycles. The molecular formula is C13H22N2O2S.